The van der Waals surface area contributed by atoms with Gasteiger partial charge in [-0.25, -0.2) is 0 Å². The topological polar surface area (TPSA) is 49.7 Å². The van der Waals surface area contributed by atoms with Crippen LogP contribution in [0.2, 0.25) is 0 Å². The Balaban J connectivity index is 3.03. The fraction of sp³-hybridized carbons (Fsp3) is 1.00. The van der Waals surface area contributed by atoms with Gasteiger partial charge in [-0.15, -0.1) is 0 Å². The highest BCUT2D eigenvalue weighted by atomic mass is 16.6. The average molecular weight is 146 g/mol. The molecule has 10 heavy (non-hydrogen) atoms. The van der Waals surface area contributed by atoms with Crippen LogP contribution < -0.4 is 0 Å². The van der Waals surface area contributed by atoms with Crippen molar-refractivity contribution in [3.8, 4) is 0 Å². The van der Waals surface area contributed by atoms with E-state index in [4.69, 9.17) is 10.0 Å². The minimum atomic E-state index is -1.61. The Labute approximate surface area is 62.2 Å². The van der Waals surface area contributed by atoms with Crippen LogP contribution in [0.25, 0.3) is 0 Å². The van der Waals surface area contributed by atoms with Gasteiger partial charge in [-0.05, 0) is 12.3 Å². The second-order valence-electron chi connectivity index (χ2n) is 2.50. The second-order valence-corrected chi connectivity index (χ2v) is 2.50. The van der Waals surface area contributed by atoms with Crippen molar-refractivity contribution in [1.82, 2.24) is 0 Å². The highest BCUT2D eigenvalue weighted by Gasteiger charge is 2.08. The van der Waals surface area contributed by atoms with E-state index in [1.165, 1.54) is 0 Å². The Morgan fingerprint density at radius 3 is 2.50 bits per heavy atom. The molecule has 0 aromatic heterocycles. The maximum absolute atomic E-state index is 8.27. The first kappa shape index (κ1) is 9.94. The van der Waals surface area contributed by atoms with Gasteiger partial charge in [0.1, 0.15) is 0 Å². The standard InChI is InChI=1S/C6H15BO3/c1-3-6(2)4-5-10-7(8)9/h6,8-9H,3-5H2,1-2H3. The minimum Gasteiger partial charge on any atom is -0.402 e. The number of rotatable bonds is 5. The Hall–Kier alpha value is -0.0551. The van der Waals surface area contributed by atoms with E-state index in [0.717, 1.165) is 12.8 Å². The lowest BCUT2D eigenvalue weighted by molar-refractivity contribution is 0.174. The molecule has 0 aromatic rings. The molecule has 0 aliphatic carbocycles. The normalized spacial score (nSPS) is 13.2. The average Bonchev–Trinajstić information content (AvgIpc) is 1.87. The molecule has 4 heteroatoms. The van der Waals surface area contributed by atoms with Gasteiger partial charge in [0.05, 0.1) is 0 Å². The molecular weight excluding hydrogens is 131 g/mol. The second kappa shape index (κ2) is 5.71. The van der Waals surface area contributed by atoms with Gasteiger partial charge < -0.3 is 14.7 Å². The first-order valence-electron chi connectivity index (χ1n) is 3.64. The third kappa shape index (κ3) is 6.07. The molecule has 3 nitrogen and oxygen atoms in total. The predicted molar refractivity (Wildman–Crippen MR) is 40.2 cm³/mol. The van der Waals surface area contributed by atoms with Gasteiger partial charge in [0, 0.05) is 6.61 Å². The van der Waals surface area contributed by atoms with Crippen molar-refractivity contribution in [3.05, 3.63) is 0 Å². The van der Waals surface area contributed by atoms with Crippen molar-refractivity contribution in [2.45, 2.75) is 26.7 Å². The van der Waals surface area contributed by atoms with Crippen molar-refractivity contribution in [2.75, 3.05) is 6.61 Å². The summed E-state index contributed by atoms with van der Waals surface area (Å²) in [4.78, 5) is 0. The van der Waals surface area contributed by atoms with E-state index >= 15 is 0 Å². The van der Waals surface area contributed by atoms with Crippen molar-refractivity contribution in [1.29, 1.82) is 0 Å². The molecule has 0 bridgehead atoms. The van der Waals surface area contributed by atoms with E-state index in [2.05, 4.69) is 18.5 Å². The molecule has 0 rings (SSSR count). The van der Waals surface area contributed by atoms with E-state index in [-0.39, 0.29) is 0 Å². The summed E-state index contributed by atoms with van der Waals surface area (Å²) >= 11 is 0. The first-order valence-corrected chi connectivity index (χ1v) is 3.64. The van der Waals surface area contributed by atoms with Gasteiger partial charge in [0.15, 0.2) is 0 Å². The third-order valence-electron chi connectivity index (χ3n) is 1.57. The molecule has 0 heterocycles. The fourth-order valence-corrected chi connectivity index (χ4v) is 0.579. The lowest BCUT2D eigenvalue weighted by Crippen LogP contribution is -2.18. The summed E-state index contributed by atoms with van der Waals surface area (Å²) in [6, 6.07) is 0. The molecule has 0 spiro atoms. The molecule has 2 N–H and O–H groups in total. The summed E-state index contributed by atoms with van der Waals surface area (Å²) in [5, 5.41) is 16.5. The van der Waals surface area contributed by atoms with E-state index in [1.807, 2.05) is 0 Å². The lowest BCUT2D eigenvalue weighted by Gasteiger charge is -2.07. The van der Waals surface area contributed by atoms with Crippen molar-refractivity contribution < 1.29 is 14.7 Å². The van der Waals surface area contributed by atoms with Crippen LogP contribution in [0, 0.1) is 5.92 Å². The fourth-order valence-electron chi connectivity index (χ4n) is 0.579. The highest BCUT2D eigenvalue weighted by Crippen LogP contribution is 2.05. The summed E-state index contributed by atoms with van der Waals surface area (Å²) in [7, 11) is -1.61. The zero-order chi connectivity index (χ0) is 7.98. The largest absolute Gasteiger partial charge is 0.633 e. The van der Waals surface area contributed by atoms with E-state index < -0.39 is 7.32 Å². The zero-order valence-corrected chi connectivity index (χ0v) is 6.58. The molecule has 0 aromatic carbocycles. The highest BCUT2D eigenvalue weighted by molar-refractivity contribution is 6.32. The molecule has 1 unspecified atom stereocenters. The van der Waals surface area contributed by atoms with Gasteiger partial charge in [0.25, 0.3) is 0 Å². The Morgan fingerprint density at radius 2 is 2.10 bits per heavy atom. The van der Waals surface area contributed by atoms with Crippen LogP contribution in [0.4, 0.5) is 0 Å². The number of hydrogen-bond donors (Lipinski definition) is 2. The van der Waals surface area contributed by atoms with E-state index in [0.29, 0.717) is 12.5 Å². The molecule has 0 radical (unpaired) electrons. The van der Waals surface area contributed by atoms with Gasteiger partial charge in [-0.1, -0.05) is 20.3 Å². The summed E-state index contributed by atoms with van der Waals surface area (Å²) in [6.45, 7) is 4.62. The molecule has 0 saturated heterocycles. The number of hydrogen-bond acceptors (Lipinski definition) is 3. The maximum atomic E-state index is 8.27. The van der Waals surface area contributed by atoms with Crippen LogP contribution in [-0.4, -0.2) is 24.0 Å². The summed E-state index contributed by atoms with van der Waals surface area (Å²) in [5.41, 5.74) is 0. The third-order valence-corrected chi connectivity index (χ3v) is 1.57. The van der Waals surface area contributed by atoms with Crippen LogP contribution in [0.15, 0.2) is 0 Å². The van der Waals surface area contributed by atoms with Gasteiger partial charge in [-0.3, -0.25) is 0 Å². The quantitative estimate of drug-likeness (QED) is 0.552. The van der Waals surface area contributed by atoms with Crippen LogP contribution in [0.3, 0.4) is 0 Å². The summed E-state index contributed by atoms with van der Waals surface area (Å²) in [5.74, 6) is 0.596. The molecule has 0 aliphatic heterocycles. The SMILES string of the molecule is CCC(C)CCOB(O)O. The maximum Gasteiger partial charge on any atom is 0.633 e. The molecule has 60 valence electrons. The van der Waals surface area contributed by atoms with Gasteiger partial charge >= 0.3 is 7.32 Å². The van der Waals surface area contributed by atoms with Crippen LogP contribution in [0.1, 0.15) is 26.7 Å². The molecule has 0 amide bonds. The Bertz CT molecular complexity index is 77.4. The molecule has 0 saturated carbocycles. The minimum absolute atomic E-state index is 0.423. The monoisotopic (exact) mass is 146 g/mol. The summed E-state index contributed by atoms with van der Waals surface area (Å²) < 4.78 is 4.53. The molecule has 0 aliphatic rings. The molecular formula is C6H15BO3. The summed E-state index contributed by atoms with van der Waals surface area (Å²) in [6.07, 6.45) is 1.99. The van der Waals surface area contributed by atoms with Crippen molar-refractivity contribution in [2.24, 2.45) is 5.92 Å². The van der Waals surface area contributed by atoms with Crippen molar-refractivity contribution in [3.63, 3.8) is 0 Å². The smallest absolute Gasteiger partial charge is 0.402 e. The molecule has 0 fully saturated rings. The van der Waals surface area contributed by atoms with E-state index in [1.54, 1.807) is 0 Å². The first-order chi connectivity index (χ1) is 4.66. The lowest BCUT2D eigenvalue weighted by atomic mass is 10.1. The van der Waals surface area contributed by atoms with Gasteiger partial charge in [0.2, 0.25) is 0 Å². The van der Waals surface area contributed by atoms with Gasteiger partial charge in [-0.2, -0.15) is 0 Å². The van der Waals surface area contributed by atoms with Crippen LogP contribution >= 0.6 is 0 Å². The van der Waals surface area contributed by atoms with Crippen LogP contribution in [0.5, 0.6) is 0 Å². The van der Waals surface area contributed by atoms with E-state index in [9.17, 15) is 0 Å². The predicted octanol–water partition coefficient (Wildman–Crippen LogP) is 0.409. The Kier molecular flexibility index (Phi) is 5.68. The molecule has 1 atom stereocenters. The van der Waals surface area contributed by atoms with Crippen molar-refractivity contribution >= 4 is 7.32 Å². The van der Waals surface area contributed by atoms with Crippen LogP contribution in [-0.2, 0) is 4.65 Å². The Morgan fingerprint density at radius 1 is 1.50 bits per heavy atom. The zero-order valence-electron chi connectivity index (χ0n) is 6.58.